The van der Waals surface area contributed by atoms with E-state index in [4.69, 9.17) is 27.9 Å². The largest absolute Gasteiger partial charge is 0.497 e. The second-order valence-electron chi connectivity index (χ2n) is 7.39. The van der Waals surface area contributed by atoms with Crippen molar-refractivity contribution in [1.82, 2.24) is 5.32 Å². The second-order valence-corrected chi connectivity index (χ2v) is 10.1. The monoisotopic (exact) mass is 472 g/mol. The van der Waals surface area contributed by atoms with Gasteiger partial charge in [-0.15, -0.1) is 0 Å². The molecule has 0 bridgehead atoms. The number of ether oxygens (including phenoxy) is 1. The van der Waals surface area contributed by atoms with Gasteiger partial charge in [0.05, 0.1) is 35.1 Å². The second kappa shape index (κ2) is 10.4. The van der Waals surface area contributed by atoms with Gasteiger partial charge in [-0.05, 0) is 48.2 Å². The molecule has 0 unspecified atom stereocenters. The number of amides is 1. The molecule has 0 heterocycles. The summed E-state index contributed by atoms with van der Waals surface area (Å²) in [6.45, 7) is 3.74. The molecule has 0 saturated carbocycles. The van der Waals surface area contributed by atoms with E-state index in [1.54, 1.807) is 7.11 Å². The molecule has 0 spiro atoms. The van der Waals surface area contributed by atoms with Crippen molar-refractivity contribution >= 4 is 44.8 Å². The maximum atomic E-state index is 12.8. The minimum Gasteiger partial charge on any atom is -0.497 e. The number of halogens is 2. The molecule has 0 aliphatic carbocycles. The smallest absolute Gasteiger partial charge is 0.241 e. The molecule has 1 N–H and O–H groups in total. The first-order valence-corrected chi connectivity index (χ1v) is 12.0. The molecule has 2 aromatic carbocycles. The highest BCUT2D eigenvalue weighted by Crippen LogP contribution is 2.29. The minimum absolute atomic E-state index is 0.208. The van der Waals surface area contributed by atoms with E-state index in [-0.39, 0.29) is 23.3 Å². The van der Waals surface area contributed by atoms with Gasteiger partial charge in [-0.25, -0.2) is 8.42 Å². The Morgan fingerprint density at radius 2 is 1.73 bits per heavy atom. The van der Waals surface area contributed by atoms with E-state index in [1.807, 2.05) is 24.3 Å². The molecule has 6 nitrogen and oxygen atoms in total. The SMILES string of the molecule is COc1ccc([C@H](CC(C)C)NC(=O)CN(c2ccc(Cl)c(Cl)c2)S(C)(=O)=O)cc1. The third-order valence-corrected chi connectivity index (χ3v) is 6.32. The number of hydrogen-bond acceptors (Lipinski definition) is 4. The molecule has 0 saturated heterocycles. The number of hydrogen-bond donors (Lipinski definition) is 1. The lowest BCUT2D eigenvalue weighted by Crippen LogP contribution is -2.41. The topological polar surface area (TPSA) is 75.7 Å². The molecule has 2 rings (SSSR count). The summed E-state index contributed by atoms with van der Waals surface area (Å²) in [7, 11) is -2.13. The number of nitrogens with zero attached hydrogens (tertiary/aromatic N) is 1. The van der Waals surface area contributed by atoms with Crippen molar-refractivity contribution in [2.45, 2.75) is 26.3 Å². The highest BCUT2D eigenvalue weighted by atomic mass is 35.5. The first kappa shape index (κ1) is 24.3. The van der Waals surface area contributed by atoms with Crippen LogP contribution < -0.4 is 14.4 Å². The van der Waals surface area contributed by atoms with Gasteiger partial charge < -0.3 is 10.1 Å². The van der Waals surface area contributed by atoms with Crippen LogP contribution in [0.3, 0.4) is 0 Å². The summed E-state index contributed by atoms with van der Waals surface area (Å²) in [6, 6.07) is 11.6. The molecule has 30 heavy (non-hydrogen) atoms. The van der Waals surface area contributed by atoms with Crippen molar-refractivity contribution in [3.63, 3.8) is 0 Å². The number of nitrogens with one attached hydrogen (secondary N) is 1. The van der Waals surface area contributed by atoms with Gasteiger partial charge in [-0.1, -0.05) is 49.2 Å². The fraction of sp³-hybridized carbons (Fsp3) is 0.381. The Morgan fingerprint density at radius 1 is 1.10 bits per heavy atom. The van der Waals surface area contributed by atoms with Crippen LogP contribution >= 0.6 is 23.2 Å². The summed E-state index contributed by atoms with van der Waals surface area (Å²) in [5.41, 5.74) is 1.19. The Kier molecular flexibility index (Phi) is 8.41. The van der Waals surface area contributed by atoms with Crippen LogP contribution in [-0.2, 0) is 14.8 Å². The molecule has 9 heteroatoms. The molecular formula is C21H26Cl2N2O4S. The van der Waals surface area contributed by atoms with Crippen LogP contribution in [0.25, 0.3) is 0 Å². The van der Waals surface area contributed by atoms with E-state index < -0.39 is 15.9 Å². The molecule has 0 radical (unpaired) electrons. The van der Waals surface area contributed by atoms with Crippen LogP contribution in [-0.4, -0.2) is 34.2 Å². The molecule has 0 aliphatic heterocycles. The van der Waals surface area contributed by atoms with E-state index in [0.29, 0.717) is 17.4 Å². The van der Waals surface area contributed by atoms with Gasteiger partial charge in [-0.2, -0.15) is 0 Å². The highest BCUT2D eigenvalue weighted by molar-refractivity contribution is 7.92. The van der Waals surface area contributed by atoms with Crippen LogP contribution in [0.1, 0.15) is 31.9 Å². The zero-order valence-electron chi connectivity index (χ0n) is 17.4. The Balaban J connectivity index is 2.24. The van der Waals surface area contributed by atoms with Gasteiger partial charge in [0.1, 0.15) is 12.3 Å². The van der Waals surface area contributed by atoms with Crippen LogP contribution in [0, 0.1) is 5.92 Å². The predicted octanol–water partition coefficient (Wildman–Crippen LogP) is 4.67. The fourth-order valence-corrected chi connectivity index (χ4v) is 4.14. The number of carbonyl (C=O) groups is 1. The maximum absolute atomic E-state index is 12.8. The van der Waals surface area contributed by atoms with Gasteiger partial charge in [0.15, 0.2) is 0 Å². The Labute approximate surface area is 188 Å². The predicted molar refractivity (Wildman–Crippen MR) is 122 cm³/mol. The molecule has 0 aliphatic rings. The summed E-state index contributed by atoms with van der Waals surface area (Å²) in [6.07, 6.45) is 1.74. The molecule has 164 valence electrons. The van der Waals surface area contributed by atoms with Crippen LogP contribution in [0.15, 0.2) is 42.5 Å². The lowest BCUT2D eigenvalue weighted by molar-refractivity contribution is -0.120. The molecule has 1 amide bonds. The number of sulfonamides is 1. The third-order valence-electron chi connectivity index (χ3n) is 4.44. The zero-order chi connectivity index (χ0) is 22.5. The average molecular weight is 473 g/mol. The van der Waals surface area contributed by atoms with Crippen molar-refractivity contribution in [1.29, 1.82) is 0 Å². The van der Waals surface area contributed by atoms with Gasteiger partial charge in [0, 0.05) is 0 Å². The van der Waals surface area contributed by atoms with Crippen LogP contribution in [0.4, 0.5) is 5.69 Å². The molecule has 2 aromatic rings. The summed E-state index contributed by atoms with van der Waals surface area (Å²) < 4.78 is 30.8. The maximum Gasteiger partial charge on any atom is 0.241 e. The van der Waals surface area contributed by atoms with Crippen LogP contribution in [0.5, 0.6) is 5.75 Å². The molecular weight excluding hydrogens is 447 g/mol. The number of benzene rings is 2. The van der Waals surface area contributed by atoms with Crippen molar-refractivity contribution in [2.24, 2.45) is 5.92 Å². The first-order valence-electron chi connectivity index (χ1n) is 9.37. The van der Waals surface area contributed by atoms with Gasteiger partial charge >= 0.3 is 0 Å². The normalized spacial score (nSPS) is 12.5. The standard InChI is InChI=1S/C21H26Cl2N2O4S/c1-14(2)11-20(15-5-8-17(29-3)9-6-15)24-21(26)13-25(30(4,27)28)16-7-10-18(22)19(23)12-16/h5-10,12,14,20H,11,13H2,1-4H3,(H,24,26)/t20-/m0/s1. The van der Waals surface area contributed by atoms with E-state index in [1.165, 1.54) is 18.2 Å². The first-order chi connectivity index (χ1) is 14.0. The Hall–Kier alpha value is -1.96. The zero-order valence-corrected chi connectivity index (χ0v) is 19.7. The molecule has 1 atom stereocenters. The van der Waals surface area contributed by atoms with Gasteiger partial charge in [-0.3, -0.25) is 9.10 Å². The molecule has 0 aromatic heterocycles. The third kappa shape index (κ3) is 6.79. The van der Waals surface area contributed by atoms with Crippen molar-refractivity contribution < 1.29 is 17.9 Å². The van der Waals surface area contributed by atoms with Gasteiger partial charge in [0.25, 0.3) is 0 Å². The summed E-state index contributed by atoms with van der Waals surface area (Å²) in [4.78, 5) is 12.8. The Morgan fingerprint density at radius 3 is 2.23 bits per heavy atom. The molecule has 0 fully saturated rings. The van der Waals surface area contributed by atoms with E-state index in [9.17, 15) is 13.2 Å². The van der Waals surface area contributed by atoms with E-state index >= 15 is 0 Å². The van der Waals surface area contributed by atoms with Crippen LogP contribution in [0.2, 0.25) is 10.0 Å². The summed E-state index contributed by atoms with van der Waals surface area (Å²) in [5.74, 6) is 0.614. The number of methoxy groups -OCH3 is 1. The van der Waals surface area contributed by atoms with Crippen molar-refractivity contribution in [2.75, 3.05) is 24.2 Å². The van der Waals surface area contributed by atoms with Crippen molar-refractivity contribution in [3.05, 3.63) is 58.1 Å². The highest BCUT2D eigenvalue weighted by Gasteiger charge is 2.24. The fourth-order valence-electron chi connectivity index (χ4n) is 3.00. The number of rotatable bonds is 9. The average Bonchev–Trinajstić information content (AvgIpc) is 2.67. The number of anilines is 1. The lowest BCUT2D eigenvalue weighted by atomic mass is 9.97. The van der Waals surface area contributed by atoms with E-state index in [2.05, 4.69) is 19.2 Å². The lowest BCUT2D eigenvalue weighted by Gasteiger charge is -2.25. The Bertz CT molecular complexity index is 979. The quantitative estimate of drug-likeness (QED) is 0.574. The number of carbonyl (C=O) groups excluding carboxylic acids is 1. The van der Waals surface area contributed by atoms with Gasteiger partial charge in [0.2, 0.25) is 15.9 Å². The minimum atomic E-state index is -3.72. The summed E-state index contributed by atoms with van der Waals surface area (Å²) in [5, 5.41) is 3.46. The van der Waals surface area contributed by atoms with Crippen molar-refractivity contribution in [3.8, 4) is 5.75 Å². The van der Waals surface area contributed by atoms with E-state index in [0.717, 1.165) is 21.9 Å². The summed E-state index contributed by atoms with van der Waals surface area (Å²) >= 11 is 12.0.